The maximum absolute atomic E-state index is 13.1. The summed E-state index contributed by atoms with van der Waals surface area (Å²) in [5, 5.41) is 0. The van der Waals surface area contributed by atoms with E-state index in [1.807, 2.05) is 0 Å². The average Bonchev–Trinajstić information content (AvgIpc) is 2.20. The number of halogens is 1. The van der Waals surface area contributed by atoms with Gasteiger partial charge in [-0.2, -0.15) is 4.31 Å². The number of hydrogen-bond donors (Lipinski definition) is 1. The number of likely N-dealkylation sites (N-methyl/N-ethyl adjacent to an activating group) is 1. The van der Waals surface area contributed by atoms with Crippen LogP contribution in [0.1, 0.15) is 12.5 Å². The normalized spacial score (nSPS) is 14.0. The first-order valence-electron chi connectivity index (χ1n) is 5.23. The van der Waals surface area contributed by atoms with Crippen LogP contribution in [-0.4, -0.2) is 32.4 Å². The quantitative estimate of drug-likeness (QED) is 0.881. The Balaban J connectivity index is 3.17. The zero-order chi connectivity index (χ0) is 13.2. The molecule has 0 radical (unpaired) electrons. The number of hydrogen-bond acceptors (Lipinski definition) is 3. The second kappa shape index (κ2) is 5.12. The Hall–Kier alpha value is -0.980. The molecule has 17 heavy (non-hydrogen) atoms. The lowest BCUT2D eigenvalue weighted by Gasteiger charge is -2.20. The molecule has 0 aliphatic rings. The smallest absolute Gasteiger partial charge is 0.243 e. The third-order valence-corrected chi connectivity index (χ3v) is 4.35. The van der Waals surface area contributed by atoms with Gasteiger partial charge in [-0.25, -0.2) is 12.8 Å². The summed E-state index contributed by atoms with van der Waals surface area (Å²) in [6.45, 7) is 3.54. The number of benzene rings is 1. The van der Waals surface area contributed by atoms with Gasteiger partial charge >= 0.3 is 0 Å². The zero-order valence-corrected chi connectivity index (χ0v) is 11.0. The molecular weight excluding hydrogens is 243 g/mol. The summed E-state index contributed by atoms with van der Waals surface area (Å²) >= 11 is 0. The topological polar surface area (TPSA) is 63.4 Å². The van der Waals surface area contributed by atoms with Crippen LogP contribution in [0.5, 0.6) is 0 Å². The Kier molecular flexibility index (Phi) is 4.24. The van der Waals surface area contributed by atoms with Crippen molar-refractivity contribution in [1.82, 2.24) is 4.31 Å². The Labute approximate surface area is 101 Å². The van der Waals surface area contributed by atoms with Crippen LogP contribution in [0, 0.1) is 12.7 Å². The highest BCUT2D eigenvalue weighted by Gasteiger charge is 2.23. The maximum atomic E-state index is 13.1. The number of nitrogens with two attached hydrogens (primary N) is 1. The summed E-state index contributed by atoms with van der Waals surface area (Å²) in [6, 6.07) is 3.44. The van der Waals surface area contributed by atoms with Gasteiger partial charge in [0.15, 0.2) is 0 Å². The Bertz CT molecular complexity index is 500. The van der Waals surface area contributed by atoms with Crippen LogP contribution < -0.4 is 5.73 Å². The van der Waals surface area contributed by atoms with Gasteiger partial charge in [0, 0.05) is 19.6 Å². The van der Waals surface area contributed by atoms with Crippen molar-refractivity contribution in [3.63, 3.8) is 0 Å². The standard InChI is InChI=1S/C11H17FN2O2S/c1-8-4-5-10(12)6-11(8)17(15,16)14(3)7-9(2)13/h4-6,9H,7,13H2,1-3H3. The van der Waals surface area contributed by atoms with Gasteiger partial charge in [0.05, 0.1) is 4.90 Å². The zero-order valence-electron chi connectivity index (χ0n) is 10.1. The fourth-order valence-corrected chi connectivity index (χ4v) is 3.03. The first-order chi connectivity index (χ1) is 7.75. The molecule has 0 heterocycles. The highest BCUT2D eigenvalue weighted by molar-refractivity contribution is 7.89. The van der Waals surface area contributed by atoms with E-state index in [1.165, 1.54) is 19.2 Å². The highest BCUT2D eigenvalue weighted by Crippen LogP contribution is 2.19. The first kappa shape index (κ1) is 14.1. The Morgan fingerprint density at radius 2 is 2.06 bits per heavy atom. The fourth-order valence-electron chi connectivity index (χ4n) is 1.52. The third kappa shape index (κ3) is 3.24. The summed E-state index contributed by atoms with van der Waals surface area (Å²) in [4.78, 5) is -0.0133. The van der Waals surface area contributed by atoms with Gasteiger partial charge < -0.3 is 5.73 Å². The van der Waals surface area contributed by atoms with Gasteiger partial charge in [-0.15, -0.1) is 0 Å². The predicted molar refractivity (Wildman–Crippen MR) is 64.6 cm³/mol. The summed E-state index contributed by atoms with van der Waals surface area (Å²) in [5.74, 6) is -0.566. The minimum atomic E-state index is -3.67. The van der Waals surface area contributed by atoms with Crippen molar-refractivity contribution in [3.05, 3.63) is 29.6 Å². The summed E-state index contributed by atoms with van der Waals surface area (Å²) < 4.78 is 38.5. The van der Waals surface area contributed by atoms with Gasteiger partial charge in [-0.1, -0.05) is 6.07 Å². The van der Waals surface area contributed by atoms with Gasteiger partial charge in [-0.3, -0.25) is 0 Å². The molecule has 0 saturated carbocycles. The van der Waals surface area contributed by atoms with Gasteiger partial charge in [0.2, 0.25) is 10.0 Å². The highest BCUT2D eigenvalue weighted by atomic mass is 32.2. The van der Waals surface area contributed by atoms with Gasteiger partial charge in [-0.05, 0) is 31.5 Å². The maximum Gasteiger partial charge on any atom is 0.243 e. The van der Waals surface area contributed by atoms with E-state index in [0.29, 0.717) is 5.56 Å². The molecule has 0 saturated heterocycles. The second-order valence-corrected chi connectivity index (χ2v) is 6.19. The largest absolute Gasteiger partial charge is 0.327 e. The molecule has 0 fully saturated rings. The van der Waals surface area contributed by atoms with E-state index in [2.05, 4.69) is 0 Å². The molecule has 1 rings (SSSR count). The molecule has 0 bridgehead atoms. The van der Waals surface area contributed by atoms with E-state index < -0.39 is 15.8 Å². The molecule has 1 aromatic rings. The van der Waals surface area contributed by atoms with E-state index >= 15 is 0 Å². The molecule has 0 spiro atoms. The predicted octanol–water partition coefficient (Wildman–Crippen LogP) is 1.10. The minimum Gasteiger partial charge on any atom is -0.327 e. The van der Waals surface area contributed by atoms with E-state index in [4.69, 9.17) is 5.73 Å². The summed E-state index contributed by atoms with van der Waals surface area (Å²) in [7, 11) is -2.24. The number of rotatable bonds is 4. The number of sulfonamides is 1. The molecule has 4 nitrogen and oxygen atoms in total. The number of nitrogens with zero attached hydrogens (tertiary/aromatic N) is 1. The van der Waals surface area contributed by atoms with E-state index in [1.54, 1.807) is 13.8 Å². The van der Waals surface area contributed by atoms with Crippen LogP contribution in [-0.2, 0) is 10.0 Å². The fraction of sp³-hybridized carbons (Fsp3) is 0.455. The van der Waals surface area contributed by atoms with E-state index in [9.17, 15) is 12.8 Å². The van der Waals surface area contributed by atoms with Crippen molar-refractivity contribution in [2.24, 2.45) is 5.73 Å². The summed E-state index contributed by atoms with van der Waals surface area (Å²) in [5.41, 5.74) is 6.07. The molecule has 96 valence electrons. The second-order valence-electron chi connectivity index (χ2n) is 4.17. The molecular formula is C11H17FN2O2S. The molecule has 1 unspecified atom stereocenters. The first-order valence-corrected chi connectivity index (χ1v) is 6.67. The minimum absolute atomic E-state index is 0.0133. The molecule has 0 aliphatic carbocycles. The molecule has 1 atom stereocenters. The monoisotopic (exact) mass is 260 g/mol. The Morgan fingerprint density at radius 1 is 1.47 bits per heavy atom. The van der Waals surface area contributed by atoms with Crippen LogP contribution in [0.15, 0.2) is 23.1 Å². The molecule has 0 aliphatic heterocycles. The molecule has 2 N–H and O–H groups in total. The molecule has 0 amide bonds. The van der Waals surface area contributed by atoms with Crippen molar-refractivity contribution in [1.29, 1.82) is 0 Å². The van der Waals surface area contributed by atoms with Crippen molar-refractivity contribution < 1.29 is 12.8 Å². The summed E-state index contributed by atoms with van der Waals surface area (Å²) in [6.07, 6.45) is 0. The third-order valence-electron chi connectivity index (χ3n) is 2.38. The van der Waals surface area contributed by atoms with Crippen LogP contribution in [0.2, 0.25) is 0 Å². The van der Waals surface area contributed by atoms with Crippen molar-refractivity contribution in [2.45, 2.75) is 24.8 Å². The lowest BCUT2D eigenvalue weighted by molar-refractivity contribution is 0.444. The van der Waals surface area contributed by atoms with Crippen LogP contribution in [0.4, 0.5) is 4.39 Å². The van der Waals surface area contributed by atoms with Crippen LogP contribution in [0.25, 0.3) is 0 Å². The van der Waals surface area contributed by atoms with E-state index in [0.717, 1.165) is 10.4 Å². The van der Waals surface area contributed by atoms with Crippen LogP contribution in [0.3, 0.4) is 0 Å². The molecule has 6 heteroatoms. The lowest BCUT2D eigenvalue weighted by Crippen LogP contribution is -2.37. The van der Waals surface area contributed by atoms with E-state index in [-0.39, 0.29) is 17.5 Å². The average molecular weight is 260 g/mol. The van der Waals surface area contributed by atoms with Gasteiger partial charge in [0.25, 0.3) is 0 Å². The van der Waals surface area contributed by atoms with Crippen molar-refractivity contribution >= 4 is 10.0 Å². The molecule has 0 aromatic heterocycles. The number of aryl methyl sites for hydroxylation is 1. The Morgan fingerprint density at radius 3 is 2.59 bits per heavy atom. The van der Waals surface area contributed by atoms with Gasteiger partial charge in [0.1, 0.15) is 5.82 Å². The SMILES string of the molecule is Cc1ccc(F)cc1S(=O)(=O)N(C)CC(C)N. The van der Waals surface area contributed by atoms with Crippen molar-refractivity contribution in [2.75, 3.05) is 13.6 Å². The lowest BCUT2D eigenvalue weighted by atomic mass is 10.2. The van der Waals surface area contributed by atoms with Crippen LogP contribution >= 0.6 is 0 Å². The molecule has 1 aromatic carbocycles. The van der Waals surface area contributed by atoms with Crippen molar-refractivity contribution in [3.8, 4) is 0 Å².